The Kier molecular flexibility index (Phi) is 5.43. The predicted molar refractivity (Wildman–Crippen MR) is 117 cm³/mol. The Labute approximate surface area is 187 Å². The van der Waals surface area contributed by atoms with Gasteiger partial charge in [0.15, 0.2) is 17.4 Å². The minimum atomic E-state index is -1.31. The molecule has 7 nitrogen and oxygen atoms in total. The molecule has 8 heteroatoms. The van der Waals surface area contributed by atoms with E-state index in [0.29, 0.717) is 21.5 Å². The molecule has 0 aliphatic carbocycles. The molecular formula is C23H22BrNO6. The van der Waals surface area contributed by atoms with Gasteiger partial charge in [-0.1, -0.05) is 18.2 Å². The summed E-state index contributed by atoms with van der Waals surface area (Å²) >= 11 is 3.51. The van der Waals surface area contributed by atoms with Gasteiger partial charge in [0.1, 0.15) is 0 Å². The van der Waals surface area contributed by atoms with E-state index >= 15 is 0 Å². The van der Waals surface area contributed by atoms with E-state index in [1.54, 1.807) is 12.3 Å². The lowest BCUT2D eigenvalue weighted by Gasteiger charge is -2.36. The Morgan fingerprint density at radius 1 is 1.06 bits per heavy atom. The molecule has 31 heavy (non-hydrogen) atoms. The summed E-state index contributed by atoms with van der Waals surface area (Å²) in [5.41, 5.74) is 2.33. The van der Waals surface area contributed by atoms with E-state index in [9.17, 15) is 9.59 Å². The summed E-state index contributed by atoms with van der Waals surface area (Å²) in [6, 6.07) is 11.3. The van der Waals surface area contributed by atoms with E-state index in [4.69, 9.17) is 18.9 Å². The smallest absolute Gasteiger partial charge is 0.324 e. The van der Waals surface area contributed by atoms with E-state index in [-0.39, 0.29) is 0 Å². The summed E-state index contributed by atoms with van der Waals surface area (Å²) in [5.74, 6) is -3.47. The van der Waals surface area contributed by atoms with Crippen LogP contribution in [0.2, 0.25) is 0 Å². The van der Waals surface area contributed by atoms with E-state index in [0.717, 1.165) is 16.5 Å². The zero-order chi connectivity index (χ0) is 22.3. The first-order valence-electron chi connectivity index (χ1n) is 9.69. The molecule has 1 saturated heterocycles. The van der Waals surface area contributed by atoms with Gasteiger partial charge in [-0.15, -0.1) is 0 Å². The van der Waals surface area contributed by atoms with Gasteiger partial charge in [-0.25, -0.2) is 0 Å². The van der Waals surface area contributed by atoms with E-state index < -0.39 is 29.6 Å². The Morgan fingerprint density at radius 2 is 1.74 bits per heavy atom. The number of rotatable bonds is 5. The lowest BCUT2D eigenvalue weighted by atomic mass is 9.80. The van der Waals surface area contributed by atoms with Gasteiger partial charge in [0.25, 0.3) is 5.79 Å². The number of fused-ring (bicyclic) bond motifs is 1. The van der Waals surface area contributed by atoms with Crippen LogP contribution in [0.25, 0.3) is 10.9 Å². The van der Waals surface area contributed by atoms with Crippen LogP contribution >= 0.6 is 15.9 Å². The van der Waals surface area contributed by atoms with Crippen LogP contribution in [0.1, 0.15) is 30.9 Å². The third-order valence-corrected chi connectivity index (χ3v) is 5.89. The van der Waals surface area contributed by atoms with Crippen LogP contribution in [-0.4, -0.2) is 36.9 Å². The Bertz CT molecular complexity index is 1150. The van der Waals surface area contributed by atoms with Crippen molar-refractivity contribution in [1.82, 2.24) is 4.98 Å². The molecule has 0 spiro atoms. The fraction of sp³-hybridized carbons (Fsp3) is 0.304. The number of methoxy groups -OCH3 is 2. The molecular weight excluding hydrogens is 466 g/mol. The molecule has 0 saturated carbocycles. The Morgan fingerprint density at radius 3 is 2.39 bits per heavy atom. The van der Waals surface area contributed by atoms with Gasteiger partial charge < -0.3 is 23.9 Å². The number of benzene rings is 2. The summed E-state index contributed by atoms with van der Waals surface area (Å²) in [4.78, 5) is 29.3. The lowest BCUT2D eigenvalue weighted by Crippen LogP contribution is -2.48. The molecule has 1 N–H and O–H groups in total. The van der Waals surface area contributed by atoms with Crippen LogP contribution < -0.4 is 9.47 Å². The number of aromatic amines is 1. The average Bonchev–Trinajstić information content (AvgIpc) is 3.13. The van der Waals surface area contributed by atoms with Crippen molar-refractivity contribution >= 4 is 38.8 Å². The quantitative estimate of drug-likeness (QED) is 0.420. The van der Waals surface area contributed by atoms with E-state index in [1.807, 2.05) is 30.3 Å². The molecule has 0 unspecified atom stereocenters. The van der Waals surface area contributed by atoms with Crippen LogP contribution in [0.15, 0.2) is 47.1 Å². The average molecular weight is 488 g/mol. The number of cyclic esters (lactones) is 2. The normalized spacial score (nSPS) is 17.2. The van der Waals surface area contributed by atoms with Crippen LogP contribution in [-0.2, 0) is 19.1 Å². The first-order valence-corrected chi connectivity index (χ1v) is 10.5. The molecule has 4 rings (SSSR count). The zero-order valence-electron chi connectivity index (χ0n) is 17.5. The maximum Gasteiger partial charge on any atom is 0.324 e. The predicted octanol–water partition coefficient (Wildman–Crippen LogP) is 4.53. The monoisotopic (exact) mass is 487 g/mol. The second-order valence-electron chi connectivity index (χ2n) is 7.73. The van der Waals surface area contributed by atoms with Crippen molar-refractivity contribution in [3.05, 3.63) is 58.2 Å². The molecule has 3 aromatic rings. The zero-order valence-corrected chi connectivity index (χ0v) is 19.1. The van der Waals surface area contributed by atoms with Crippen molar-refractivity contribution in [3.8, 4) is 11.5 Å². The molecule has 1 aromatic heterocycles. The highest BCUT2D eigenvalue weighted by molar-refractivity contribution is 9.10. The van der Waals surface area contributed by atoms with Gasteiger partial charge in [0.2, 0.25) is 0 Å². The molecule has 0 radical (unpaired) electrons. The number of halogens is 1. The van der Waals surface area contributed by atoms with Crippen molar-refractivity contribution in [2.24, 2.45) is 5.92 Å². The number of esters is 2. The number of hydrogen-bond acceptors (Lipinski definition) is 6. The summed E-state index contributed by atoms with van der Waals surface area (Å²) in [5, 5.41) is 0.892. The molecule has 1 atom stereocenters. The number of H-pyrrole nitrogens is 1. The molecule has 1 aliphatic rings. The molecule has 162 valence electrons. The molecule has 0 bridgehead atoms. The van der Waals surface area contributed by atoms with Crippen molar-refractivity contribution in [2.45, 2.75) is 25.6 Å². The van der Waals surface area contributed by atoms with Gasteiger partial charge in [-0.3, -0.25) is 9.59 Å². The summed E-state index contributed by atoms with van der Waals surface area (Å²) in [6.45, 7) is 3.07. The number of carbonyl (C=O) groups excluding carboxylic acids is 2. The SMILES string of the molecule is COc1cc([C@@H](c2c[nH]c3ccccc23)C2C(=O)OC(C)(C)OC2=O)cc(Br)c1OC. The Balaban J connectivity index is 1.94. The van der Waals surface area contributed by atoms with Crippen LogP contribution in [0, 0.1) is 5.92 Å². The van der Waals surface area contributed by atoms with Crippen LogP contribution in [0.4, 0.5) is 0 Å². The number of carbonyl (C=O) groups is 2. The number of para-hydroxylation sites is 1. The molecule has 1 aliphatic heterocycles. The topological polar surface area (TPSA) is 86.9 Å². The third-order valence-electron chi connectivity index (χ3n) is 5.31. The minimum Gasteiger partial charge on any atom is -0.493 e. The standard InChI is InChI=1S/C23H22BrNO6/c1-23(2)30-21(26)19(22(27)31-23)18(14-11-25-16-8-6-5-7-13(14)16)12-9-15(24)20(29-4)17(10-12)28-3/h5-11,18-19,25H,1-4H3/t18-/m0/s1. The maximum absolute atomic E-state index is 13.0. The van der Waals surface area contributed by atoms with E-state index in [1.165, 1.54) is 28.1 Å². The minimum absolute atomic E-state index is 0.467. The maximum atomic E-state index is 13.0. The number of nitrogens with one attached hydrogen (secondary N) is 1. The third kappa shape index (κ3) is 3.76. The highest BCUT2D eigenvalue weighted by atomic mass is 79.9. The fourth-order valence-corrected chi connectivity index (χ4v) is 4.64. The van der Waals surface area contributed by atoms with Gasteiger partial charge in [0, 0.05) is 36.9 Å². The largest absolute Gasteiger partial charge is 0.493 e. The fourth-order valence-electron chi connectivity index (χ4n) is 4.02. The first kappa shape index (κ1) is 21.2. The van der Waals surface area contributed by atoms with Crippen LogP contribution in [0.3, 0.4) is 0 Å². The summed E-state index contributed by atoms with van der Waals surface area (Å²) in [7, 11) is 3.07. The second kappa shape index (κ2) is 7.92. The second-order valence-corrected chi connectivity index (χ2v) is 8.58. The highest BCUT2D eigenvalue weighted by Crippen LogP contribution is 2.45. The van der Waals surface area contributed by atoms with Crippen molar-refractivity contribution in [3.63, 3.8) is 0 Å². The first-order chi connectivity index (χ1) is 14.8. The number of aromatic nitrogens is 1. The van der Waals surface area contributed by atoms with Crippen molar-refractivity contribution < 1.29 is 28.5 Å². The van der Waals surface area contributed by atoms with Gasteiger partial charge in [-0.05, 0) is 45.3 Å². The van der Waals surface area contributed by atoms with Crippen molar-refractivity contribution in [1.29, 1.82) is 0 Å². The number of hydrogen-bond donors (Lipinski definition) is 1. The molecule has 2 aromatic carbocycles. The summed E-state index contributed by atoms with van der Waals surface area (Å²) < 4.78 is 22.4. The summed E-state index contributed by atoms with van der Waals surface area (Å²) in [6.07, 6.45) is 1.81. The van der Waals surface area contributed by atoms with Crippen molar-refractivity contribution in [2.75, 3.05) is 14.2 Å². The van der Waals surface area contributed by atoms with Gasteiger partial charge >= 0.3 is 11.9 Å². The molecule has 1 fully saturated rings. The lowest BCUT2D eigenvalue weighted by molar-refractivity contribution is -0.240. The molecule has 2 heterocycles. The van der Waals surface area contributed by atoms with Crippen LogP contribution in [0.5, 0.6) is 11.5 Å². The Hall–Kier alpha value is -3.00. The number of ether oxygens (including phenoxy) is 4. The van der Waals surface area contributed by atoms with Gasteiger partial charge in [0.05, 0.1) is 18.7 Å². The van der Waals surface area contributed by atoms with E-state index in [2.05, 4.69) is 20.9 Å². The van der Waals surface area contributed by atoms with Gasteiger partial charge in [-0.2, -0.15) is 0 Å². The molecule has 0 amide bonds. The highest BCUT2D eigenvalue weighted by Gasteiger charge is 2.48.